The average molecular weight is 175 g/mol. The van der Waals surface area contributed by atoms with Gasteiger partial charge in [0, 0.05) is 6.61 Å². The van der Waals surface area contributed by atoms with Crippen molar-refractivity contribution in [1.29, 1.82) is 0 Å². The monoisotopic (exact) mass is 175 g/mol. The van der Waals surface area contributed by atoms with Crippen molar-refractivity contribution in [1.82, 2.24) is 4.90 Å². The van der Waals surface area contributed by atoms with Crippen LogP contribution in [0.3, 0.4) is 0 Å². The van der Waals surface area contributed by atoms with E-state index in [-0.39, 0.29) is 12.7 Å². The Hall–Kier alpha value is -0.120. The molecule has 0 aromatic heterocycles. The first-order chi connectivity index (χ1) is 5.70. The Kier molecular flexibility index (Phi) is 7.45. The maximum absolute atomic E-state index is 8.80. The van der Waals surface area contributed by atoms with Gasteiger partial charge in [0.15, 0.2) is 0 Å². The van der Waals surface area contributed by atoms with E-state index in [9.17, 15) is 0 Å². The highest BCUT2D eigenvalue weighted by Gasteiger charge is 2.03. The first-order valence-electron chi connectivity index (χ1n) is 4.57. The maximum Gasteiger partial charge on any atom is 0.0803 e. The molecule has 3 heteroatoms. The van der Waals surface area contributed by atoms with Crippen LogP contribution in [0, 0.1) is 0 Å². The largest absolute Gasteiger partial charge is 0.394 e. The summed E-state index contributed by atoms with van der Waals surface area (Å²) in [5.41, 5.74) is 0. The fourth-order valence-electron chi connectivity index (χ4n) is 0.930. The molecule has 0 aliphatic heterocycles. The van der Waals surface area contributed by atoms with Crippen LogP contribution in [0.2, 0.25) is 0 Å². The third-order valence-corrected chi connectivity index (χ3v) is 1.76. The van der Waals surface area contributed by atoms with Gasteiger partial charge in [0.25, 0.3) is 0 Å². The average Bonchev–Trinajstić information content (AvgIpc) is 2.04. The number of aliphatic hydroxyl groups is 1. The minimum absolute atomic E-state index is 0.0344. The molecule has 0 spiro atoms. The predicted molar refractivity (Wildman–Crippen MR) is 50.3 cm³/mol. The topological polar surface area (TPSA) is 32.7 Å². The van der Waals surface area contributed by atoms with Crippen LogP contribution in [-0.4, -0.2) is 50.0 Å². The Morgan fingerprint density at radius 3 is 2.50 bits per heavy atom. The quantitative estimate of drug-likeness (QED) is 0.579. The van der Waals surface area contributed by atoms with E-state index in [0.29, 0.717) is 0 Å². The molecule has 0 bridgehead atoms. The maximum atomic E-state index is 8.80. The Labute approximate surface area is 75.3 Å². The van der Waals surface area contributed by atoms with Gasteiger partial charge in [0.05, 0.1) is 12.7 Å². The van der Waals surface area contributed by atoms with Gasteiger partial charge < -0.3 is 14.7 Å². The molecule has 1 N–H and O–H groups in total. The summed E-state index contributed by atoms with van der Waals surface area (Å²) in [6.07, 6.45) is 1.95. The Morgan fingerprint density at radius 1 is 1.42 bits per heavy atom. The summed E-state index contributed by atoms with van der Waals surface area (Å²) < 4.78 is 5.41. The molecule has 0 fully saturated rings. The molecule has 0 aliphatic carbocycles. The van der Waals surface area contributed by atoms with Crippen molar-refractivity contribution < 1.29 is 9.84 Å². The molecule has 0 aromatic carbocycles. The van der Waals surface area contributed by atoms with Crippen molar-refractivity contribution in [3.63, 3.8) is 0 Å². The summed E-state index contributed by atoms with van der Waals surface area (Å²) in [6.45, 7) is 3.95. The summed E-state index contributed by atoms with van der Waals surface area (Å²) in [7, 11) is 4.09. The van der Waals surface area contributed by atoms with Gasteiger partial charge in [-0.25, -0.2) is 0 Å². The van der Waals surface area contributed by atoms with E-state index in [1.54, 1.807) is 0 Å². The minimum atomic E-state index is 0.0344. The summed E-state index contributed by atoms with van der Waals surface area (Å²) >= 11 is 0. The standard InChI is InChI=1S/C9H21NO2/c1-4-9(8-11)12-7-5-6-10(2)3/h9,11H,4-8H2,1-3H3. The third-order valence-electron chi connectivity index (χ3n) is 1.76. The molecule has 0 aliphatic rings. The van der Waals surface area contributed by atoms with Gasteiger partial charge in [0.2, 0.25) is 0 Å². The molecular weight excluding hydrogens is 154 g/mol. The molecule has 0 amide bonds. The third kappa shape index (κ3) is 6.58. The highest BCUT2D eigenvalue weighted by molar-refractivity contribution is 4.52. The van der Waals surface area contributed by atoms with Crippen molar-refractivity contribution in [2.45, 2.75) is 25.9 Å². The fraction of sp³-hybridized carbons (Fsp3) is 1.00. The number of aliphatic hydroxyl groups excluding tert-OH is 1. The first kappa shape index (κ1) is 11.9. The Morgan fingerprint density at radius 2 is 2.08 bits per heavy atom. The van der Waals surface area contributed by atoms with Crippen LogP contribution >= 0.6 is 0 Å². The van der Waals surface area contributed by atoms with Gasteiger partial charge in [-0.3, -0.25) is 0 Å². The van der Waals surface area contributed by atoms with E-state index in [1.807, 2.05) is 21.0 Å². The lowest BCUT2D eigenvalue weighted by Gasteiger charge is -2.14. The van der Waals surface area contributed by atoms with Crippen molar-refractivity contribution >= 4 is 0 Å². The second-order valence-electron chi connectivity index (χ2n) is 3.24. The molecule has 0 saturated heterocycles. The second-order valence-corrected chi connectivity index (χ2v) is 3.24. The molecule has 0 aromatic rings. The van der Waals surface area contributed by atoms with E-state index >= 15 is 0 Å². The Balaban J connectivity index is 3.17. The summed E-state index contributed by atoms with van der Waals surface area (Å²) in [4.78, 5) is 2.13. The van der Waals surface area contributed by atoms with Crippen molar-refractivity contribution in [3.8, 4) is 0 Å². The van der Waals surface area contributed by atoms with Gasteiger partial charge in [0.1, 0.15) is 0 Å². The van der Waals surface area contributed by atoms with Gasteiger partial charge in [-0.15, -0.1) is 0 Å². The van der Waals surface area contributed by atoms with E-state index in [0.717, 1.165) is 26.0 Å². The molecule has 74 valence electrons. The summed E-state index contributed by atoms with van der Waals surface area (Å²) in [5, 5.41) is 8.80. The number of hydrogen-bond donors (Lipinski definition) is 1. The van der Waals surface area contributed by atoms with Crippen LogP contribution in [0.5, 0.6) is 0 Å². The van der Waals surface area contributed by atoms with Crippen LogP contribution < -0.4 is 0 Å². The van der Waals surface area contributed by atoms with Crippen LogP contribution in [0.25, 0.3) is 0 Å². The zero-order valence-corrected chi connectivity index (χ0v) is 8.42. The lowest BCUT2D eigenvalue weighted by molar-refractivity contribution is 0.00832. The SMILES string of the molecule is CCC(CO)OCCCN(C)C. The summed E-state index contributed by atoms with van der Waals surface area (Å²) in [5.74, 6) is 0. The highest BCUT2D eigenvalue weighted by Crippen LogP contribution is 1.97. The van der Waals surface area contributed by atoms with E-state index < -0.39 is 0 Å². The number of hydrogen-bond acceptors (Lipinski definition) is 3. The van der Waals surface area contributed by atoms with Crippen LogP contribution in [0.4, 0.5) is 0 Å². The molecule has 3 nitrogen and oxygen atoms in total. The summed E-state index contributed by atoms with van der Waals surface area (Å²) in [6, 6.07) is 0. The normalized spacial score (nSPS) is 13.8. The molecule has 1 unspecified atom stereocenters. The fourth-order valence-corrected chi connectivity index (χ4v) is 0.930. The van der Waals surface area contributed by atoms with Gasteiger partial charge in [-0.1, -0.05) is 6.92 Å². The van der Waals surface area contributed by atoms with Crippen LogP contribution in [-0.2, 0) is 4.74 Å². The highest BCUT2D eigenvalue weighted by atomic mass is 16.5. The lowest BCUT2D eigenvalue weighted by Crippen LogP contribution is -2.20. The van der Waals surface area contributed by atoms with Crippen LogP contribution in [0.1, 0.15) is 19.8 Å². The smallest absolute Gasteiger partial charge is 0.0803 e. The van der Waals surface area contributed by atoms with Gasteiger partial charge >= 0.3 is 0 Å². The second kappa shape index (κ2) is 7.53. The molecule has 12 heavy (non-hydrogen) atoms. The Bertz CT molecular complexity index is 92.5. The van der Waals surface area contributed by atoms with Crippen molar-refractivity contribution in [2.75, 3.05) is 33.9 Å². The van der Waals surface area contributed by atoms with Gasteiger partial charge in [-0.2, -0.15) is 0 Å². The molecule has 0 saturated carbocycles. The minimum Gasteiger partial charge on any atom is -0.394 e. The molecule has 1 atom stereocenters. The number of ether oxygens (including phenoxy) is 1. The predicted octanol–water partition coefficient (Wildman–Crippen LogP) is 0.726. The van der Waals surface area contributed by atoms with Gasteiger partial charge in [-0.05, 0) is 33.5 Å². The zero-order chi connectivity index (χ0) is 9.40. The van der Waals surface area contributed by atoms with Crippen molar-refractivity contribution in [2.24, 2.45) is 0 Å². The lowest BCUT2D eigenvalue weighted by atomic mass is 10.3. The van der Waals surface area contributed by atoms with Crippen LogP contribution in [0.15, 0.2) is 0 Å². The van der Waals surface area contributed by atoms with Crippen molar-refractivity contribution in [3.05, 3.63) is 0 Å². The van der Waals surface area contributed by atoms with E-state index in [1.165, 1.54) is 0 Å². The van der Waals surface area contributed by atoms with E-state index in [2.05, 4.69) is 4.90 Å². The zero-order valence-electron chi connectivity index (χ0n) is 8.42. The van der Waals surface area contributed by atoms with E-state index in [4.69, 9.17) is 9.84 Å². The molecular formula is C9H21NO2. The molecule has 0 heterocycles. The molecule has 0 rings (SSSR count). The number of rotatable bonds is 7. The first-order valence-corrected chi connectivity index (χ1v) is 4.57. The number of nitrogens with zero attached hydrogens (tertiary/aromatic N) is 1. The molecule has 0 radical (unpaired) electrons.